The monoisotopic (exact) mass is 293 g/mol. The Morgan fingerprint density at radius 1 is 1.18 bits per heavy atom. The van der Waals surface area contributed by atoms with Crippen molar-refractivity contribution in [3.05, 3.63) is 70.3 Å². The molecule has 1 atom stereocenters. The highest BCUT2D eigenvalue weighted by molar-refractivity contribution is 5.77. The summed E-state index contributed by atoms with van der Waals surface area (Å²) < 4.78 is 0. The number of hydrogen-bond acceptors (Lipinski definition) is 1. The highest BCUT2D eigenvalue weighted by atomic mass is 16.1. The van der Waals surface area contributed by atoms with E-state index in [1.165, 1.54) is 27.8 Å². The molecule has 114 valence electrons. The number of nitrogens with one attached hydrogen (secondary N) is 1. The molecule has 2 aromatic rings. The summed E-state index contributed by atoms with van der Waals surface area (Å²) in [7, 11) is 0. The van der Waals surface area contributed by atoms with Crippen LogP contribution in [-0.2, 0) is 17.6 Å². The first-order valence-corrected chi connectivity index (χ1v) is 8.07. The fourth-order valence-electron chi connectivity index (χ4n) is 3.35. The van der Waals surface area contributed by atoms with Crippen molar-refractivity contribution < 1.29 is 4.79 Å². The lowest BCUT2D eigenvalue weighted by Crippen LogP contribution is -2.27. The SMILES string of the molecule is Cc1ccc(CCC(=O)N[C@H]2CCc3ccccc32)c(C)c1. The van der Waals surface area contributed by atoms with Gasteiger partial charge in [-0.2, -0.15) is 0 Å². The average Bonchev–Trinajstić information content (AvgIpc) is 2.90. The Hall–Kier alpha value is -2.09. The molecule has 2 nitrogen and oxygen atoms in total. The number of aryl methyl sites for hydroxylation is 4. The third kappa shape index (κ3) is 3.22. The third-order valence-corrected chi connectivity index (χ3v) is 4.59. The minimum atomic E-state index is 0.154. The smallest absolute Gasteiger partial charge is 0.220 e. The Kier molecular flexibility index (Phi) is 4.28. The van der Waals surface area contributed by atoms with E-state index in [0.717, 1.165) is 19.3 Å². The molecule has 0 aliphatic heterocycles. The molecule has 1 amide bonds. The fourth-order valence-corrected chi connectivity index (χ4v) is 3.35. The minimum absolute atomic E-state index is 0.154. The van der Waals surface area contributed by atoms with E-state index < -0.39 is 0 Å². The molecule has 0 fully saturated rings. The van der Waals surface area contributed by atoms with Crippen molar-refractivity contribution in [2.45, 2.75) is 45.6 Å². The lowest BCUT2D eigenvalue weighted by atomic mass is 10.0. The lowest BCUT2D eigenvalue weighted by molar-refractivity contribution is -0.121. The number of carbonyl (C=O) groups excluding carboxylic acids is 1. The van der Waals surface area contributed by atoms with E-state index in [0.29, 0.717) is 6.42 Å². The minimum Gasteiger partial charge on any atom is -0.349 e. The molecule has 0 saturated heterocycles. The van der Waals surface area contributed by atoms with Crippen LogP contribution < -0.4 is 5.32 Å². The van der Waals surface area contributed by atoms with Gasteiger partial charge in [0.25, 0.3) is 0 Å². The summed E-state index contributed by atoms with van der Waals surface area (Å²) in [5, 5.41) is 3.20. The van der Waals surface area contributed by atoms with Crippen LogP contribution in [0.4, 0.5) is 0 Å². The van der Waals surface area contributed by atoms with Crippen molar-refractivity contribution in [1.29, 1.82) is 0 Å². The Morgan fingerprint density at radius 2 is 2.00 bits per heavy atom. The van der Waals surface area contributed by atoms with Crippen LogP contribution in [-0.4, -0.2) is 5.91 Å². The number of rotatable bonds is 4. The van der Waals surface area contributed by atoms with Gasteiger partial charge >= 0.3 is 0 Å². The zero-order chi connectivity index (χ0) is 15.5. The van der Waals surface area contributed by atoms with Gasteiger partial charge in [0.15, 0.2) is 0 Å². The predicted molar refractivity (Wildman–Crippen MR) is 89.9 cm³/mol. The molecular formula is C20H23NO. The van der Waals surface area contributed by atoms with Crippen molar-refractivity contribution in [1.82, 2.24) is 5.32 Å². The van der Waals surface area contributed by atoms with Crippen molar-refractivity contribution in [3.63, 3.8) is 0 Å². The van der Waals surface area contributed by atoms with Gasteiger partial charge in [0.1, 0.15) is 0 Å². The number of fused-ring (bicyclic) bond motifs is 1. The summed E-state index contributed by atoms with van der Waals surface area (Å²) in [6.07, 6.45) is 3.46. The van der Waals surface area contributed by atoms with Gasteiger partial charge in [0, 0.05) is 6.42 Å². The second-order valence-electron chi connectivity index (χ2n) is 6.29. The number of benzene rings is 2. The molecular weight excluding hydrogens is 270 g/mol. The molecule has 0 spiro atoms. The molecule has 0 bridgehead atoms. The van der Waals surface area contributed by atoms with E-state index in [1.807, 2.05) is 0 Å². The maximum atomic E-state index is 12.2. The molecule has 2 heteroatoms. The van der Waals surface area contributed by atoms with Gasteiger partial charge in [-0.1, -0.05) is 48.0 Å². The van der Waals surface area contributed by atoms with Crippen LogP contribution in [0.1, 0.15) is 46.7 Å². The number of hydrogen-bond donors (Lipinski definition) is 1. The summed E-state index contributed by atoms with van der Waals surface area (Å²) in [5.41, 5.74) is 6.49. The molecule has 0 radical (unpaired) electrons. The quantitative estimate of drug-likeness (QED) is 0.905. The van der Waals surface area contributed by atoms with Crippen LogP contribution >= 0.6 is 0 Å². The van der Waals surface area contributed by atoms with E-state index in [2.05, 4.69) is 61.6 Å². The van der Waals surface area contributed by atoms with Crippen molar-refractivity contribution in [3.8, 4) is 0 Å². The normalized spacial score (nSPS) is 16.4. The first-order valence-electron chi connectivity index (χ1n) is 8.07. The van der Waals surface area contributed by atoms with Gasteiger partial charge in [-0.15, -0.1) is 0 Å². The van der Waals surface area contributed by atoms with Crippen LogP contribution in [0.25, 0.3) is 0 Å². The first-order chi connectivity index (χ1) is 10.6. The molecule has 0 saturated carbocycles. The number of carbonyl (C=O) groups is 1. The van der Waals surface area contributed by atoms with Gasteiger partial charge in [0.05, 0.1) is 6.04 Å². The third-order valence-electron chi connectivity index (χ3n) is 4.59. The van der Waals surface area contributed by atoms with Crippen molar-refractivity contribution in [2.75, 3.05) is 0 Å². The van der Waals surface area contributed by atoms with Gasteiger partial charge in [-0.25, -0.2) is 0 Å². The van der Waals surface area contributed by atoms with Gasteiger partial charge < -0.3 is 5.32 Å². The lowest BCUT2D eigenvalue weighted by Gasteiger charge is -2.14. The highest BCUT2D eigenvalue weighted by Crippen LogP contribution is 2.30. The van der Waals surface area contributed by atoms with E-state index in [4.69, 9.17) is 0 Å². The maximum Gasteiger partial charge on any atom is 0.220 e. The largest absolute Gasteiger partial charge is 0.349 e. The van der Waals surface area contributed by atoms with Crippen LogP contribution in [0, 0.1) is 13.8 Å². The van der Waals surface area contributed by atoms with E-state index in [-0.39, 0.29) is 11.9 Å². The summed E-state index contributed by atoms with van der Waals surface area (Å²) >= 11 is 0. The maximum absolute atomic E-state index is 12.2. The second kappa shape index (κ2) is 6.35. The predicted octanol–water partition coefficient (Wildman–Crippen LogP) is 4.04. The molecule has 2 aromatic carbocycles. The highest BCUT2D eigenvalue weighted by Gasteiger charge is 2.23. The summed E-state index contributed by atoms with van der Waals surface area (Å²) in [5.74, 6) is 0.154. The first kappa shape index (κ1) is 14.8. The van der Waals surface area contributed by atoms with Crippen LogP contribution in [0.3, 0.4) is 0 Å². The molecule has 1 aliphatic rings. The second-order valence-corrected chi connectivity index (χ2v) is 6.29. The fraction of sp³-hybridized carbons (Fsp3) is 0.350. The van der Waals surface area contributed by atoms with Gasteiger partial charge in [0.2, 0.25) is 5.91 Å². The zero-order valence-corrected chi connectivity index (χ0v) is 13.4. The van der Waals surface area contributed by atoms with Crippen LogP contribution in [0.2, 0.25) is 0 Å². The van der Waals surface area contributed by atoms with Crippen LogP contribution in [0.5, 0.6) is 0 Å². The average molecular weight is 293 g/mol. The molecule has 1 aliphatic carbocycles. The Bertz CT molecular complexity index is 690. The van der Waals surface area contributed by atoms with Crippen molar-refractivity contribution >= 4 is 5.91 Å². The van der Waals surface area contributed by atoms with E-state index >= 15 is 0 Å². The Labute approximate surface area is 132 Å². The summed E-state index contributed by atoms with van der Waals surface area (Å²) in [6.45, 7) is 4.22. The zero-order valence-electron chi connectivity index (χ0n) is 13.4. The summed E-state index contributed by atoms with van der Waals surface area (Å²) in [4.78, 5) is 12.2. The van der Waals surface area contributed by atoms with Crippen LogP contribution in [0.15, 0.2) is 42.5 Å². The molecule has 1 N–H and O–H groups in total. The Morgan fingerprint density at radius 3 is 2.82 bits per heavy atom. The topological polar surface area (TPSA) is 29.1 Å². The molecule has 0 unspecified atom stereocenters. The summed E-state index contributed by atoms with van der Waals surface area (Å²) in [6, 6.07) is 15.1. The molecule has 0 aromatic heterocycles. The van der Waals surface area contributed by atoms with Gasteiger partial charge in [-0.3, -0.25) is 4.79 Å². The Balaban J connectivity index is 1.57. The van der Waals surface area contributed by atoms with E-state index in [9.17, 15) is 4.79 Å². The number of amides is 1. The molecule has 22 heavy (non-hydrogen) atoms. The van der Waals surface area contributed by atoms with Gasteiger partial charge in [-0.05, 0) is 55.4 Å². The molecule has 3 rings (SSSR count). The van der Waals surface area contributed by atoms with Crippen molar-refractivity contribution in [2.24, 2.45) is 0 Å². The molecule has 0 heterocycles. The standard InChI is InChI=1S/C20H23NO/c1-14-7-8-16(15(2)13-14)10-12-20(22)21-19-11-9-17-5-3-4-6-18(17)19/h3-8,13,19H,9-12H2,1-2H3,(H,21,22)/t19-/m0/s1. The van der Waals surface area contributed by atoms with E-state index in [1.54, 1.807) is 0 Å².